The van der Waals surface area contributed by atoms with E-state index in [1.807, 2.05) is 0 Å². The third-order valence-corrected chi connectivity index (χ3v) is 3.19. The molecule has 0 atom stereocenters. The number of hydrogen-bond donors (Lipinski definition) is 1. The minimum Gasteiger partial charge on any atom is -0.328 e. The van der Waals surface area contributed by atoms with Crippen LogP contribution in [0.2, 0.25) is 0 Å². The van der Waals surface area contributed by atoms with Gasteiger partial charge in [0.2, 0.25) is 0 Å². The fourth-order valence-electron chi connectivity index (χ4n) is 2.20. The Morgan fingerprint density at radius 2 is 2.06 bits per heavy atom. The Morgan fingerprint density at radius 1 is 1.39 bits per heavy atom. The summed E-state index contributed by atoms with van der Waals surface area (Å²) >= 11 is 0. The molecule has 1 fully saturated rings. The Hall–Kier alpha value is -1.53. The molecule has 98 valence electrons. The van der Waals surface area contributed by atoms with E-state index in [9.17, 15) is 14.5 Å². The number of benzene rings is 1. The molecule has 6 heteroatoms. The molecule has 18 heavy (non-hydrogen) atoms. The lowest BCUT2D eigenvalue weighted by Crippen LogP contribution is -2.39. The van der Waals surface area contributed by atoms with Crippen LogP contribution < -0.4 is 5.73 Å². The zero-order valence-corrected chi connectivity index (χ0v) is 10.0. The van der Waals surface area contributed by atoms with Gasteiger partial charge in [-0.05, 0) is 37.6 Å². The van der Waals surface area contributed by atoms with Gasteiger partial charge in [-0.15, -0.1) is 0 Å². The summed E-state index contributed by atoms with van der Waals surface area (Å²) in [6.45, 7) is 2.24. The maximum Gasteiger partial charge on any atom is 0.272 e. The monoisotopic (exact) mass is 253 g/mol. The van der Waals surface area contributed by atoms with E-state index in [2.05, 4.69) is 4.90 Å². The highest BCUT2D eigenvalue weighted by atomic mass is 19.1. The van der Waals surface area contributed by atoms with Gasteiger partial charge in [0.05, 0.1) is 11.0 Å². The zero-order valence-electron chi connectivity index (χ0n) is 10.0. The number of nitrogens with two attached hydrogens (primary N) is 1. The molecule has 0 aromatic heterocycles. The zero-order chi connectivity index (χ0) is 13.1. The molecule has 1 saturated heterocycles. The van der Waals surface area contributed by atoms with Crippen molar-refractivity contribution in [3.63, 3.8) is 0 Å². The summed E-state index contributed by atoms with van der Waals surface area (Å²) in [5, 5.41) is 10.6. The van der Waals surface area contributed by atoms with E-state index >= 15 is 0 Å². The number of nitro benzene ring substituents is 1. The molecule has 0 unspecified atom stereocenters. The molecule has 2 rings (SSSR count). The summed E-state index contributed by atoms with van der Waals surface area (Å²) < 4.78 is 13.3. The number of non-ortho nitro benzene ring substituents is 1. The molecular weight excluding hydrogens is 237 g/mol. The lowest BCUT2D eigenvalue weighted by molar-refractivity contribution is -0.385. The van der Waals surface area contributed by atoms with Crippen LogP contribution >= 0.6 is 0 Å². The lowest BCUT2D eigenvalue weighted by Gasteiger charge is -2.29. The molecule has 0 radical (unpaired) electrons. The number of hydrogen-bond acceptors (Lipinski definition) is 4. The Kier molecular flexibility index (Phi) is 3.88. The summed E-state index contributed by atoms with van der Waals surface area (Å²) in [5.74, 6) is -0.562. The molecule has 1 aliphatic heterocycles. The van der Waals surface area contributed by atoms with Crippen LogP contribution in [0.25, 0.3) is 0 Å². The van der Waals surface area contributed by atoms with Gasteiger partial charge in [0.1, 0.15) is 5.82 Å². The maximum atomic E-state index is 13.3. The van der Waals surface area contributed by atoms with Gasteiger partial charge in [0.15, 0.2) is 0 Å². The quantitative estimate of drug-likeness (QED) is 0.656. The van der Waals surface area contributed by atoms with Crippen molar-refractivity contribution in [3.8, 4) is 0 Å². The first-order valence-electron chi connectivity index (χ1n) is 5.96. The van der Waals surface area contributed by atoms with Gasteiger partial charge in [-0.3, -0.25) is 15.0 Å². The van der Waals surface area contributed by atoms with Crippen molar-refractivity contribution < 1.29 is 9.31 Å². The van der Waals surface area contributed by atoms with Crippen molar-refractivity contribution in [2.75, 3.05) is 13.1 Å². The Bertz CT molecular complexity index is 445. The average molecular weight is 253 g/mol. The van der Waals surface area contributed by atoms with Crippen LogP contribution in [0.4, 0.5) is 10.1 Å². The largest absolute Gasteiger partial charge is 0.328 e. The Labute approximate surface area is 105 Å². The SMILES string of the molecule is NC1CCN(Cc2cc(F)cc([N+](=O)[O-])c2)CC1. The smallest absolute Gasteiger partial charge is 0.272 e. The van der Waals surface area contributed by atoms with Crippen molar-refractivity contribution in [3.05, 3.63) is 39.7 Å². The number of rotatable bonds is 3. The van der Waals surface area contributed by atoms with Crippen LogP contribution in [-0.2, 0) is 6.54 Å². The highest BCUT2D eigenvalue weighted by Gasteiger charge is 2.17. The first-order valence-corrected chi connectivity index (χ1v) is 5.96. The molecular formula is C12H16FN3O2. The Morgan fingerprint density at radius 3 is 2.67 bits per heavy atom. The van der Waals surface area contributed by atoms with Gasteiger partial charge < -0.3 is 5.73 Å². The van der Waals surface area contributed by atoms with Gasteiger partial charge in [0.25, 0.3) is 5.69 Å². The van der Waals surface area contributed by atoms with Crippen LogP contribution in [0, 0.1) is 15.9 Å². The number of halogens is 1. The molecule has 0 saturated carbocycles. The van der Waals surface area contributed by atoms with Crippen LogP contribution in [0.5, 0.6) is 0 Å². The van der Waals surface area contributed by atoms with E-state index in [0.29, 0.717) is 12.1 Å². The average Bonchev–Trinajstić information content (AvgIpc) is 2.31. The van der Waals surface area contributed by atoms with E-state index in [1.54, 1.807) is 0 Å². The predicted molar refractivity (Wildman–Crippen MR) is 65.5 cm³/mol. The normalized spacial score (nSPS) is 17.9. The molecule has 1 aromatic rings. The van der Waals surface area contributed by atoms with E-state index in [1.165, 1.54) is 12.1 Å². The van der Waals surface area contributed by atoms with Crippen LogP contribution in [0.3, 0.4) is 0 Å². The van der Waals surface area contributed by atoms with Gasteiger partial charge >= 0.3 is 0 Å². The van der Waals surface area contributed by atoms with E-state index in [-0.39, 0.29) is 11.7 Å². The van der Waals surface area contributed by atoms with Crippen molar-refractivity contribution in [2.45, 2.75) is 25.4 Å². The van der Waals surface area contributed by atoms with Crippen LogP contribution in [0.1, 0.15) is 18.4 Å². The van der Waals surface area contributed by atoms with Crippen molar-refractivity contribution in [1.29, 1.82) is 0 Å². The first kappa shape index (κ1) is 12.9. The second kappa shape index (κ2) is 5.41. The fraction of sp³-hybridized carbons (Fsp3) is 0.500. The Balaban J connectivity index is 2.07. The molecule has 0 bridgehead atoms. The highest BCUT2D eigenvalue weighted by Crippen LogP contribution is 2.19. The van der Waals surface area contributed by atoms with Crippen molar-refractivity contribution in [1.82, 2.24) is 4.90 Å². The van der Waals surface area contributed by atoms with Crippen LogP contribution in [0.15, 0.2) is 18.2 Å². The second-order valence-corrected chi connectivity index (χ2v) is 4.69. The van der Waals surface area contributed by atoms with E-state index in [0.717, 1.165) is 32.0 Å². The van der Waals surface area contributed by atoms with Gasteiger partial charge in [-0.25, -0.2) is 4.39 Å². The molecule has 2 N–H and O–H groups in total. The van der Waals surface area contributed by atoms with Gasteiger partial charge in [-0.2, -0.15) is 0 Å². The fourth-order valence-corrected chi connectivity index (χ4v) is 2.20. The number of piperidine rings is 1. The van der Waals surface area contributed by atoms with Gasteiger partial charge in [-0.1, -0.05) is 0 Å². The van der Waals surface area contributed by atoms with Gasteiger partial charge in [0, 0.05) is 18.7 Å². The van der Waals surface area contributed by atoms with Crippen molar-refractivity contribution >= 4 is 5.69 Å². The number of likely N-dealkylation sites (tertiary alicyclic amines) is 1. The van der Waals surface area contributed by atoms with Crippen LogP contribution in [-0.4, -0.2) is 29.0 Å². The summed E-state index contributed by atoms with van der Waals surface area (Å²) in [6, 6.07) is 3.96. The standard InChI is InChI=1S/C12H16FN3O2/c13-10-5-9(6-12(7-10)16(17)18)8-15-3-1-11(14)2-4-15/h5-7,11H,1-4,8,14H2. The number of nitrogens with zero attached hydrogens (tertiary/aromatic N) is 2. The topological polar surface area (TPSA) is 72.4 Å². The summed E-state index contributed by atoms with van der Waals surface area (Å²) in [4.78, 5) is 12.2. The molecule has 0 amide bonds. The molecule has 0 spiro atoms. The minimum absolute atomic E-state index is 0.196. The maximum absolute atomic E-state index is 13.3. The predicted octanol–water partition coefficient (Wildman–Crippen LogP) is 1.66. The third kappa shape index (κ3) is 3.24. The molecule has 0 aliphatic carbocycles. The van der Waals surface area contributed by atoms with E-state index in [4.69, 9.17) is 5.73 Å². The molecule has 1 heterocycles. The molecule has 5 nitrogen and oxygen atoms in total. The van der Waals surface area contributed by atoms with E-state index < -0.39 is 10.7 Å². The number of nitro groups is 1. The highest BCUT2D eigenvalue weighted by molar-refractivity contribution is 5.35. The van der Waals surface area contributed by atoms with Crippen molar-refractivity contribution in [2.24, 2.45) is 5.73 Å². The third-order valence-electron chi connectivity index (χ3n) is 3.19. The lowest BCUT2D eigenvalue weighted by atomic mass is 10.1. The molecule has 1 aliphatic rings. The summed E-state index contributed by atoms with van der Waals surface area (Å²) in [6.07, 6.45) is 1.83. The first-order chi connectivity index (χ1) is 8.54. The second-order valence-electron chi connectivity index (χ2n) is 4.69. The summed E-state index contributed by atoms with van der Waals surface area (Å²) in [5.41, 5.74) is 6.24. The minimum atomic E-state index is -0.571. The molecule has 1 aromatic carbocycles. The summed E-state index contributed by atoms with van der Waals surface area (Å²) in [7, 11) is 0.